The van der Waals surface area contributed by atoms with Crippen molar-refractivity contribution in [3.63, 3.8) is 0 Å². The van der Waals surface area contributed by atoms with Gasteiger partial charge in [-0.1, -0.05) is 57.5 Å². The van der Waals surface area contributed by atoms with Gasteiger partial charge in [0.2, 0.25) is 0 Å². The molecule has 102 valence electrons. The maximum absolute atomic E-state index is 6.12. The van der Waals surface area contributed by atoms with Gasteiger partial charge in [0, 0.05) is 17.6 Å². The maximum Gasteiger partial charge on any atom is 0.0735 e. The standard InChI is InChI=1S/C15H24ClNO/c1-11(2)15(9-17-12(3)4)18-10-13-7-5-6-8-14(13)16/h5-8,11-12,15,17H,9-10H2,1-4H3. The van der Waals surface area contributed by atoms with Crippen molar-refractivity contribution >= 4 is 11.6 Å². The summed E-state index contributed by atoms with van der Waals surface area (Å²) in [6.45, 7) is 10.1. The van der Waals surface area contributed by atoms with E-state index in [1.54, 1.807) is 0 Å². The van der Waals surface area contributed by atoms with Gasteiger partial charge in [0.15, 0.2) is 0 Å². The Morgan fingerprint density at radius 2 is 1.83 bits per heavy atom. The van der Waals surface area contributed by atoms with Crippen LogP contribution in [0, 0.1) is 5.92 Å². The maximum atomic E-state index is 6.12. The van der Waals surface area contributed by atoms with Crippen LogP contribution in [-0.2, 0) is 11.3 Å². The zero-order valence-electron chi connectivity index (χ0n) is 11.7. The van der Waals surface area contributed by atoms with Crippen molar-refractivity contribution < 1.29 is 4.74 Å². The summed E-state index contributed by atoms with van der Waals surface area (Å²) < 4.78 is 5.97. The fourth-order valence-electron chi connectivity index (χ4n) is 1.65. The number of benzene rings is 1. The monoisotopic (exact) mass is 269 g/mol. The molecule has 0 aliphatic rings. The molecule has 0 radical (unpaired) electrons. The second-order valence-corrected chi connectivity index (χ2v) is 5.66. The Kier molecular flexibility index (Phi) is 6.69. The van der Waals surface area contributed by atoms with E-state index in [1.807, 2.05) is 24.3 Å². The molecular weight excluding hydrogens is 246 g/mol. The highest BCUT2D eigenvalue weighted by Crippen LogP contribution is 2.17. The molecule has 1 aromatic carbocycles. The summed E-state index contributed by atoms with van der Waals surface area (Å²) in [4.78, 5) is 0. The van der Waals surface area contributed by atoms with E-state index in [0.717, 1.165) is 17.1 Å². The second kappa shape index (κ2) is 7.78. The Labute approximate surface area is 116 Å². The van der Waals surface area contributed by atoms with Gasteiger partial charge in [-0.2, -0.15) is 0 Å². The van der Waals surface area contributed by atoms with Crippen molar-refractivity contribution in [2.45, 2.75) is 46.4 Å². The first-order valence-corrected chi connectivity index (χ1v) is 6.97. The number of hydrogen-bond acceptors (Lipinski definition) is 2. The Morgan fingerprint density at radius 3 is 2.39 bits per heavy atom. The first-order chi connectivity index (χ1) is 8.50. The lowest BCUT2D eigenvalue weighted by Crippen LogP contribution is -2.36. The molecule has 3 heteroatoms. The SMILES string of the molecule is CC(C)NCC(OCc1ccccc1Cl)C(C)C. The lowest BCUT2D eigenvalue weighted by molar-refractivity contribution is 0.0103. The molecular formula is C15H24ClNO. The van der Waals surface area contributed by atoms with Crippen LogP contribution in [0.5, 0.6) is 0 Å². The van der Waals surface area contributed by atoms with Crippen LogP contribution in [0.2, 0.25) is 5.02 Å². The van der Waals surface area contributed by atoms with Gasteiger partial charge < -0.3 is 10.1 Å². The van der Waals surface area contributed by atoms with Crippen LogP contribution in [0.15, 0.2) is 24.3 Å². The van der Waals surface area contributed by atoms with Gasteiger partial charge >= 0.3 is 0 Å². The molecule has 1 atom stereocenters. The number of ether oxygens (including phenoxy) is 1. The van der Waals surface area contributed by atoms with E-state index < -0.39 is 0 Å². The second-order valence-electron chi connectivity index (χ2n) is 5.25. The van der Waals surface area contributed by atoms with Crippen molar-refractivity contribution in [1.29, 1.82) is 0 Å². The smallest absolute Gasteiger partial charge is 0.0735 e. The highest BCUT2D eigenvalue weighted by molar-refractivity contribution is 6.31. The number of halogens is 1. The largest absolute Gasteiger partial charge is 0.372 e. The van der Waals surface area contributed by atoms with Gasteiger partial charge in [-0.05, 0) is 17.5 Å². The molecule has 0 saturated heterocycles. The van der Waals surface area contributed by atoms with Crippen molar-refractivity contribution in [1.82, 2.24) is 5.32 Å². The van der Waals surface area contributed by atoms with Gasteiger partial charge in [0.1, 0.15) is 0 Å². The molecule has 0 fully saturated rings. The minimum atomic E-state index is 0.212. The van der Waals surface area contributed by atoms with Crippen LogP contribution in [-0.4, -0.2) is 18.7 Å². The molecule has 1 aromatic rings. The normalized spacial score (nSPS) is 13.3. The van der Waals surface area contributed by atoms with Crippen LogP contribution in [0.3, 0.4) is 0 Å². The third-order valence-electron chi connectivity index (χ3n) is 2.88. The Morgan fingerprint density at radius 1 is 1.17 bits per heavy atom. The Bertz CT molecular complexity index is 352. The molecule has 0 aliphatic carbocycles. The minimum Gasteiger partial charge on any atom is -0.372 e. The molecule has 18 heavy (non-hydrogen) atoms. The fourth-order valence-corrected chi connectivity index (χ4v) is 1.84. The minimum absolute atomic E-state index is 0.212. The van der Waals surface area contributed by atoms with E-state index in [1.165, 1.54) is 0 Å². The van der Waals surface area contributed by atoms with Crippen LogP contribution in [0.4, 0.5) is 0 Å². The third kappa shape index (κ3) is 5.38. The highest BCUT2D eigenvalue weighted by Gasteiger charge is 2.14. The van der Waals surface area contributed by atoms with Crippen molar-refractivity contribution in [2.24, 2.45) is 5.92 Å². The molecule has 1 rings (SSSR count). The topological polar surface area (TPSA) is 21.3 Å². The average molecular weight is 270 g/mol. The predicted octanol–water partition coefficient (Wildman–Crippen LogP) is 3.88. The lowest BCUT2D eigenvalue weighted by atomic mass is 10.1. The fraction of sp³-hybridized carbons (Fsp3) is 0.600. The van der Waals surface area contributed by atoms with E-state index in [2.05, 4.69) is 33.0 Å². The van der Waals surface area contributed by atoms with Crippen molar-refractivity contribution in [2.75, 3.05) is 6.54 Å². The Balaban J connectivity index is 2.49. The van der Waals surface area contributed by atoms with Crippen LogP contribution in [0.25, 0.3) is 0 Å². The number of hydrogen-bond donors (Lipinski definition) is 1. The first kappa shape index (κ1) is 15.5. The zero-order chi connectivity index (χ0) is 13.5. The molecule has 0 saturated carbocycles. The summed E-state index contributed by atoms with van der Waals surface area (Å²) in [5.41, 5.74) is 1.05. The third-order valence-corrected chi connectivity index (χ3v) is 3.25. The zero-order valence-corrected chi connectivity index (χ0v) is 12.5. The van der Waals surface area contributed by atoms with Crippen LogP contribution < -0.4 is 5.32 Å². The van der Waals surface area contributed by atoms with E-state index >= 15 is 0 Å². The molecule has 0 aromatic heterocycles. The van der Waals surface area contributed by atoms with Gasteiger partial charge in [0.25, 0.3) is 0 Å². The molecule has 0 heterocycles. The molecule has 0 aliphatic heterocycles. The highest BCUT2D eigenvalue weighted by atomic mass is 35.5. The van der Waals surface area contributed by atoms with Crippen molar-refractivity contribution in [3.8, 4) is 0 Å². The summed E-state index contributed by atoms with van der Waals surface area (Å²) in [5, 5.41) is 4.19. The van der Waals surface area contributed by atoms with Gasteiger partial charge in [0.05, 0.1) is 12.7 Å². The van der Waals surface area contributed by atoms with Gasteiger partial charge in [-0.3, -0.25) is 0 Å². The van der Waals surface area contributed by atoms with Gasteiger partial charge in [-0.15, -0.1) is 0 Å². The molecule has 1 N–H and O–H groups in total. The molecule has 1 unspecified atom stereocenters. The summed E-state index contributed by atoms with van der Waals surface area (Å²) in [6, 6.07) is 8.31. The molecule has 0 bridgehead atoms. The quantitative estimate of drug-likeness (QED) is 0.811. The molecule has 2 nitrogen and oxygen atoms in total. The lowest BCUT2D eigenvalue weighted by Gasteiger charge is -2.23. The predicted molar refractivity (Wildman–Crippen MR) is 78.0 cm³/mol. The van der Waals surface area contributed by atoms with Crippen LogP contribution in [0.1, 0.15) is 33.3 Å². The van der Waals surface area contributed by atoms with E-state index in [4.69, 9.17) is 16.3 Å². The van der Waals surface area contributed by atoms with Gasteiger partial charge in [-0.25, -0.2) is 0 Å². The molecule has 0 amide bonds. The number of rotatable bonds is 7. The van der Waals surface area contributed by atoms with E-state index in [-0.39, 0.29) is 6.10 Å². The van der Waals surface area contributed by atoms with Crippen molar-refractivity contribution in [3.05, 3.63) is 34.9 Å². The first-order valence-electron chi connectivity index (χ1n) is 6.59. The van der Waals surface area contributed by atoms with E-state index in [0.29, 0.717) is 18.6 Å². The Hall–Kier alpha value is -0.570. The summed E-state index contributed by atoms with van der Waals surface area (Å²) >= 11 is 6.12. The number of nitrogens with one attached hydrogen (secondary N) is 1. The van der Waals surface area contributed by atoms with E-state index in [9.17, 15) is 0 Å². The summed E-state index contributed by atoms with van der Waals surface area (Å²) in [5.74, 6) is 0.485. The molecule has 0 spiro atoms. The van der Waals surface area contributed by atoms with Crippen LogP contribution >= 0.6 is 11.6 Å². The summed E-state index contributed by atoms with van der Waals surface area (Å²) in [7, 11) is 0. The summed E-state index contributed by atoms with van der Waals surface area (Å²) in [6.07, 6.45) is 0.212. The average Bonchev–Trinajstić information content (AvgIpc) is 2.30.